The van der Waals surface area contributed by atoms with Crippen LogP contribution < -0.4 is 0 Å². The van der Waals surface area contributed by atoms with Crippen LogP contribution in [0.4, 0.5) is 0 Å². The Hall–Kier alpha value is -0.0500. The quantitative estimate of drug-likeness (QED) is 0.394. The molecule has 0 aliphatic carbocycles. The van der Waals surface area contributed by atoms with E-state index in [0.29, 0.717) is 6.61 Å². The summed E-state index contributed by atoms with van der Waals surface area (Å²) in [4.78, 5) is 11.0. The van der Waals surface area contributed by atoms with Crippen LogP contribution in [0.5, 0.6) is 0 Å². The van der Waals surface area contributed by atoms with E-state index in [1.165, 1.54) is 12.8 Å². The molecule has 78 valence electrons. The Morgan fingerprint density at radius 1 is 1.31 bits per heavy atom. The van der Waals surface area contributed by atoms with Gasteiger partial charge in [0.2, 0.25) is 0 Å². The lowest BCUT2D eigenvalue weighted by Gasteiger charge is -2.07. The molecule has 1 atom stereocenters. The predicted octanol–water partition coefficient (Wildman–Crippen LogP) is 3.28. The Kier molecular flexibility index (Phi) is 8.51. The number of carbonyl (C=O) groups excluding carboxylic acids is 1. The van der Waals surface area contributed by atoms with Gasteiger partial charge in [-0.15, -0.1) is 0 Å². The highest BCUT2D eigenvalue weighted by molar-refractivity contribution is 9.10. The van der Waals surface area contributed by atoms with Crippen molar-refractivity contribution in [2.24, 2.45) is 0 Å². The van der Waals surface area contributed by atoms with Crippen LogP contribution in [0, 0.1) is 0 Å². The second-order valence-corrected chi connectivity index (χ2v) is 4.21. The maximum Gasteiger partial charge on any atom is 0.319 e. The normalized spacial score (nSPS) is 12.5. The SMILES string of the molecule is CCCCCCOC(=O)[C@H](Br)CC. The van der Waals surface area contributed by atoms with E-state index in [9.17, 15) is 4.79 Å². The van der Waals surface area contributed by atoms with Crippen LogP contribution in [-0.2, 0) is 9.53 Å². The lowest BCUT2D eigenvalue weighted by molar-refractivity contribution is -0.142. The molecule has 2 nitrogen and oxygen atoms in total. The van der Waals surface area contributed by atoms with Gasteiger partial charge >= 0.3 is 5.97 Å². The van der Waals surface area contributed by atoms with Gasteiger partial charge in [0.25, 0.3) is 0 Å². The summed E-state index contributed by atoms with van der Waals surface area (Å²) in [6, 6.07) is 0. The van der Waals surface area contributed by atoms with Gasteiger partial charge in [0.15, 0.2) is 0 Å². The summed E-state index contributed by atoms with van der Waals surface area (Å²) in [5.74, 6) is -0.126. The molecule has 3 heteroatoms. The van der Waals surface area contributed by atoms with Gasteiger partial charge < -0.3 is 4.74 Å². The number of ether oxygens (including phenoxy) is 1. The van der Waals surface area contributed by atoms with Crippen LogP contribution >= 0.6 is 15.9 Å². The Morgan fingerprint density at radius 3 is 2.54 bits per heavy atom. The molecule has 0 aliphatic heterocycles. The van der Waals surface area contributed by atoms with Crippen LogP contribution in [0.3, 0.4) is 0 Å². The number of carbonyl (C=O) groups is 1. The third-order valence-electron chi connectivity index (χ3n) is 1.86. The Labute approximate surface area is 89.2 Å². The molecule has 0 aromatic rings. The maximum atomic E-state index is 11.1. The van der Waals surface area contributed by atoms with Crippen LogP contribution in [-0.4, -0.2) is 17.4 Å². The van der Waals surface area contributed by atoms with Crippen LogP contribution in [0.2, 0.25) is 0 Å². The van der Waals surface area contributed by atoms with E-state index in [-0.39, 0.29) is 10.8 Å². The molecule has 0 saturated heterocycles. The largest absolute Gasteiger partial charge is 0.465 e. The number of rotatable bonds is 7. The third-order valence-corrected chi connectivity index (χ3v) is 2.88. The van der Waals surface area contributed by atoms with Gasteiger partial charge in [-0.05, 0) is 12.8 Å². The highest BCUT2D eigenvalue weighted by Crippen LogP contribution is 2.07. The zero-order valence-corrected chi connectivity index (χ0v) is 10.1. The Bertz CT molecular complexity index is 137. The van der Waals surface area contributed by atoms with Crippen LogP contribution in [0.1, 0.15) is 46.0 Å². The van der Waals surface area contributed by atoms with Crippen molar-refractivity contribution in [2.45, 2.75) is 50.8 Å². The average molecular weight is 251 g/mol. The molecule has 0 rings (SSSR count). The second-order valence-electron chi connectivity index (χ2n) is 3.10. The number of unbranched alkanes of at least 4 members (excludes halogenated alkanes) is 3. The fourth-order valence-corrected chi connectivity index (χ4v) is 1.09. The summed E-state index contributed by atoms with van der Waals surface area (Å²) < 4.78 is 5.06. The lowest BCUT2D eigenvalue weighted by Crippen LogP contribution is -2.16. The first-order valence-corrected chi connectivity index (χ1v) is 5.94. The zero-order chi connectivity index (χ0) is 10.1. The molecule has 0 heterocycles. The van der Waals surface area contributed by atoms with E-state index in [2.05, 4.69) is 22.9 Å². The van der Waals surface area contributed by atoms with Gasteiger partial charge in [-0.25, -0.2) is 0 Å². The second kappa shape index (κ2) is 8.54. The van der Waals surface area contributed by atoms with E-state index >= 15 is 0 Å². The van der Waals surface area contributed by atoms with E-state index in [1.807, 2.05) is 6.92 Å². The first kappa shape index (κ1) is 12.9. The summed E-state index contributed by atoms with van der Waals surface area (Å²) >= 11 is 3.25. The highest BCUT2D eigenvalue weighted by Gasteiger charge is 2.12. The molecule has 13 heavy (non-hydrogen) atoms. The van der Waals surface area contributed by atoms with E-state index in [1.54, 1.807) is 0 Å². The van der Waals surface area contributed by atoms with Gasteiger partial charge in [0, 0.05) is 0 Å². The number of halogens is 1. The van der Waals surface area contributed by atoms with Gasteiger partial charge in [-0.2, -0.15) is 0 Å². The van der Waals surface area contributed by atoms with Crippen molar-refractivity contribution in [1.82, 2.24) is 0 Å². The molecule has 0 saturated carbocycles. The average Bonchev–Trinajstić information content (AvgIpc) is 2.16. The van der Waals surface area contributed by atoms with Crippen LogP contribution in [0.25, 0.3) is 0 Å². The first-order valence-electron chi connectivity index (χ1n) is 5.03. The summed E-state index contributed by atoms with van der Waals surface area (Å²) in [7, 11) is 0. The minimum absolute atomic E-state index is 0.126. The summed E-state index contributed by atoms with van der Waals surface area (Å²) in [6.45, 7) is 4.69. The molecule has 0 unspecified atom stereocenters. The number of hydrogen-bond acceptors (Lipinski definition) is 2. The standard InChI is InChI=1S/C10H19BrO2/c1-3-5-6-7-8-13-10(12)9(11)4-2/h9H,3-8H2,1-2H3/t9-/m1/s1. The van der Waals surface area contributed by atoms with Gasteiger partial charge in [-0.1, -0.05) is 49.0 Å². The number of esters is 1. The molecule has 0 spiro atoms. The van der Waals surface area contributed by atoms with Crippen molar-refractivity contribution in [3.05, 3.63) is 0 Å². The molecule has 0 bridgehead atoms. The van der Waals surface area contributed by atoms with Gasteiger partial charge in [0.05, 0.1) is 6.61 Å². The monoisotopic (exact) mass is 250 g/mol. The van der Waals surface area contributed by atoms with E-state index < -0.39 is 0 Å². The van der Waals surface area contributed by atoms with Crippen molar-refractivity contribution in [3.63, 3.8) is 0 Å². The number of alkyl halides is 1. The smallest absolute Gasteiger partial charge is 0.319 e. The Morgan fingerprint density at radius 2 is 2.00 bits per heavy atom. The number of hydrogen-bond donors (Lipinski definition) is 0. The van der Waals surface area contributed by atoms with Crippen molar-refractivity contribution >= 4 is 21.9 Å². The zero-order valence-electron chi connectivity index (χ0n) is 8.51. The van der Waals surface area contributed by atoms with Crippen LogP contribution in [0.15, 0.2) is 0 Å². The van der Waals surface area contributed by atoms with E-state index in [4.69, 9.17) is 4.74 Å². The molecule has 0 aromatic heterocycles. The van der Waals surface area contributed by atoms with Gasteiger partial charge in [-0.3, -0.25) is 4.79 Å². The molecule has 0 aromatic carbocycles. The van der Waals surface area contributed by atoms with Crippen molar-refractivity contribution in [1.29, 1.82) is 0 Å². The third kappa shape index (κ3) is 7.05. The predicted molar refractivity (Wildman–Crippen MR) is 58.1 cm³/mol. The van der Waals surface area contributed by atoms with Crippen molar-refractivity contribution < 1.29 is 9.53 Å². The van der Waals surface area contributed by atoms with E-state index in [0.717, 1.165) is 19.3 Å². The molecule has 0 amide bonds. The molecular formula is C10H19BrO2. The molecule has 0 radical (unpaired) electrons. The minimum atomic E-state index is -0.126. The molecule has 0 fully saturated rings. The summed E-state index contributed by atoms with van der Waals surface area (Å²) in [6.07, 6.45) is 5.37. The lowest BCUT2D eigenvalue weighted by atomic mass is 10.2. The molecule has 0 N–H and O–H groups in total. The summed E-state index contributed by atoms with van der Waals surface area (Å²) in [5, 5.41) is 0. The fourth-order valence-electron chi connectivity index (χ4n) is 0.959. The highest BCUT2D eigenvalue weighted by atomic mass is 79.9. The van der Waals surface area contributed by atoms with Crippen molar-refractivity contribution in [3.8, 4) is 0 Å². The first-order chi connectivity index (χ1) is 6.22. The van der Waals surface area contributed by atoms with Crippen molar-refractivity contribution in [2.75, 3.05) is 6.61 Å². The topological polar surface area (TPSA) is 26.3 Å². The molecular weight excluding hydrogens is 232 g/mol. The fraction of sp³-hybridized carbons (Fsp3) is 0.900. The Balaban J connectivity index is 3.27. The minimum Gasteiger partial charge on any atom is -0.465 e. The van der Waals surface area contributed by atoms with Gasteiger partial charge in [0.1, 0.15) is 4.83 Å². The summed E-state index contributed by atoms with van der Waals surface area (Å²) in [5.41, 5.74) is 0. The molecule has 0 aliphatic rings. The maximum absolute atomic E-state index is 11.1.